The predicted molar refractivity (Wildman–Crippen MR) is 106 cm³/mol. The molecule has 4 rings (SSSR count). The first-order valence-corrected chi connectivity index (χ1v) is 10.0. The van der Waals surface area contributed by atoms with Crippen molar-refractivity contribution in [2.45, 2.75) is 31.7 Å². The Kier molecular flexibility index (Phi) is 5.36. The van der Waals surface area contributed by atoms with Crippen molar-refractivity contribution in [2.75, 3.05) is 13.1 Å². The number of aryl methyl sites for hydroxylation is 1. The number of amides is 2. The summed E-state index contributed by atoms with van der Waals surface area (Å²) >= 11 is 6.06. The van der Waals surface area contributed by atoms with Gasteiger partial charge < -0.3 is 10.2 Å². The number of piperidine rings is 1. The lowest BCUT2D eigenvalue weighted by molar-refractivity contribution is -0.127. The first kappa shape index (κ1) is 18.9. The molecule has 2 aliphatic rings. The molecule has 0 aromatic heterocycles. The Bertz CT molecular complexity index is 900. The van der Waals surface area contributed by atoms with E-state index in [9.17, 15) is 14.0 Å². The Morgan fingerprint density at radius 1 is 1.11 bits per heavy atom. The van der Waals surface area contributed by atoms with Gasteiger partial charge >= 0.3 is 0 Å². The van der Waals surface area contributed by atoms with Crippen molar-refractivity contribution in [1.29, 1.82) is 0 Å². The molecule has 28 heavy (non-hydrogen) atoms. The number of hydrogen-bond donors (Lipinski definition) is 1. The molecule has 2 amide bonds. The molecule has 4 nitrogen and oxygen atoms in total. The Balaban J connectivity index is 1.40. The standard InChI is InChI=1S/C22H22ClFN2O2/c23-17-6-9-19-15(12-17)5-10-20(19)25-21(27)16-2-1-11-26(13-16)22(28)14-3-7-18(24)8-4-14/h3-4,6-9,12,16,20H,1-2,5,10-11,13H2,(H,25,27). The van der Waals surface area contributed by atoms with E-state index < -0.39 is 0 Å². The maximum absolute atomic E-state index is 13.1. The van der Waals surface area contributed by atoms with Gasteiger partial charge in [-0.1, -0.05) is 17.7 Å². The summed E-state index contributed by atoms with van der Waals surface area (Å²) in [6, 6.07) is 11.4. The van der Waals surface area contributed by atoms with Gasteiger partial charge in [0.05, 0.1) is 12.0 Å². The van der Waals surface area contributed by atoms with Crippen LogP contribution in [0.3, 0.4) is 0 Å². The highest BCUT2D eigenvalue weighted by atomic mass is 35.5. The molecule has 0 bridgehead atoms. The molecule has 2 aromatic rings. The lowest BCUT2D eigenvalue weighted by Crippen LogP contribution is -2.46. The van der Waals surface area contributed by atoms with E-state index in [0.717, 1.165) is 31.2 Å². The molecule has 1 aliphatic carbocycles. The number of carbonyl (C=O) groups excluding carboxylic acids is 2. The maximum atomic E-state index is 13.1. The minimum absolute atomic E-state index is 0.00273. The normalized spacial score (nSPS) is 21.3. The van der Waals surface area contributed by atoms with Crippen LogP contribution in [0.5, 0.6) is 0 Å². The smallest absolute Gasteiger partial charge is 0.253 e. The van der Waals surface area contributed by atoms with Crippen LogP contribution in [0.15, 0.2) is 42.5 Å². The van der Waals surface area contributed by atoms with E-state index in [-0.39, 0.29) is 29.6 Å². The topological polar surface area (TPSA) is 49.4 Å². The van der Waals surface area contributed by atoms with Gasteiger partial charge in [0.25, 0.3) is 5.91 Å². The maximum Gasteiger partial charge on any atom is 0.253 e. The third-order valence-corrected chi connectivity index (χ3v) is 5.90. The Morgan fingerprint density at radius 2 is 1.89 bits per heavy atom. The van der Waals surface area contributed by atoms with Crippen molar-refractivity contribution in [1.82, 2.24) is 10.2 Å². The quantitative estimate of drug-likeness (QED) is 0.841. The summed E-state index contributed by atoms with van der Waals surface area (Å²) in [5, 5.41) is 3.88. The van der Waals surface area contributed by atoms with Crippen molar-refractivity contribution in [3.63, 3.8) is 0 Å². The van der Waals surface area contributed by atoms with Crippen LogP contribution in [0, 0.1) is 11.7 Å². The van der Waals surface area contributed by atoms with Crippen molar-refractivity contribution in [3.8, 4) is 0 Å². The number of hydrogen-bond acceptors (Lipinski definition) is 2. The van der Waals surface area contributed by atoms with Crippen LogP contribution in [0.4, 0.5) is 4.39 Å². The number of halogens is 2. The van der Waals surface area contributed by atoms with Crippen LogP contribution in [0.1, 0.15) is 46.8 Å². The van der Waals surface area contributed by atoms with E-state index >= 15 is 0 Å². The highest BCUT2D eigenvalue weighted by Crippen LogP contribution is 2.33. The number of likely N-dealkylation sites (tertiary alicyclic amines) is 1. The summed E-state index contributed by atoms with van der Waals surface area (Å²) in [6.45, 7) is 1.01. The van der Waals surface area contributed by atoms with Gasteiger partial charge in [-0.3, -0.25) is 9.59 Å². The molecule has 2 atom stereocenters. The van der Waals surface area contributed by atoms with E-state index in [1.165, 1.54) is 29.8 Å². The Labute approximate surface area is 168 Å². The third-order valence-electron chi connectivity index (χ3n) is 5.67. The van der Waals surface area contributed by atoms with Crippen molar-refractivity contribution in [2.24, 2.45) is 5.92 Å². The third kappa shape index (κ3) is 3.90. The molecule has 146 valence electrons. The fraction of sp³-hybridized carbons (Fsp3) is 0.364. The molecule has 1 N–H and O–H groups in total. The van der Waals surface area contributed by atoms with E-state index in [1.807, 2.05) is 18.2 Å². The number of carbonyl (C=O) groups is 2. The second-order valence-electron chi connectivity index (χ2n) is 7.54. The van der Waals surface area contributed by atoms with Crippen LogP contribution >= 0.6 is 11.6 Å². The van der Waals surface area contributed by atoms with Gasteiger partial charge in [0.1, 0.15) is 5.82 Å². The second kappa shape index (κ2) is 7.92. The lowest BCUT2D eigenvalue weighted by atomic mass is 9.95. The van der Waals surface area contributed by atoms with E-state index in [2.05, 4.69) is 5.32 Å². The largest absolute Gasteiger partial charge is 0.349 e. The Hall–Kier alpha value is -2.40. The average molecular weight is 401 g/mol. The van der Waals surface area contributed by atoms with Gasteiger partial charge in [0.2, 0.25) is 5.91 Å². The first-order chi connectivity index (χ1) is 13.5. The van der Waals surface area contributed by atoms with Crippen molar-refractivity contribution >= 4 is 23.4 Å². The highest BCUT2D eigenvalue weighted by molar-refractivity contribution is 6.30. The molecule has 1 aliphatic heterocycles. The van der Waals surface area contributed by atoms with Gasteiger partial charge in [-0.05, 0) is 73.2 Å². The summed E-state index contributed by atoms with van der Waals surface area (Å²) in [5.41, 5.74) is 2.77. The van der Waals surface area contributed by atoms with Crippen LogP contribution < -0.4 is 5.32 Å². The fourth-order valence-electron chi connectivity index (χ4n) is 4.18. The minimum atomic E-state index is -0.370. The van der Waals surface area contributed by atoms with Gasteiger partial charge in [0, 0.05) is 23.7 Å². The van der Waals surface area contributed by atoms with Gasteiger partial charge in [-0.15, -0.1) is 0 Å². The molecule has 2 unspecified atom stereocenters. The van der Waals surface area contributed by atoms with Crippen LogP contribution in [0.2, 0.25) is 5.02 Å². The van der Waals surface area contributed by atoms with Crippen molar-refractivity contribution < 1.29 is 14.0 Å². The van der Waals surface area contributed by atoms with Crippen LogP contribution in [-0.4, -0.2) is 29.8 Å². The SMILES string of the molecule is O=C(NC1CCc2cc(Cl)ccc21)C1CCCN(C(=O)c2ccc(F)cc2)C1. The van der Waals surface area contributed by atoms with E-state index in [0.29, 0.717) is 23.7 Å². The molecule has 6 heteroatoms. The summed E-state index contributed by atoms with van der Waals surface area (Å²) in [7, 11) is 0. The van der Waals surface area contributed by atoms with Gasteiger partial charge in [-0.2, -0.15) is 0 Å². The monoisotopic (exact) mass is 400 g/mol. The minimum Gasteiger partial charge on any atom is -0.349 e. The fourth-order valence-corrected chi connectivity index (χ4v) is 4.37. The molecule has 1 saturated heterocycles. The highest BCUT2D eigenvalue weighted by Gasteiger charge is 2.31. The van der Waals surface area contributed by atoms with Gasteiger partial charge in [0.15, 0.2) is 0 Å². The zero-order valence-corrected chi connectivity index (χ0v) is 16.2. The van der Waals surface area contributed by atoms with Crippen LogP contribution in [0.25, 0.3) is 0 Å². The molecule has 0 saturated carbocycles. The number of rotatable bonds is 3. The van der Waals surface area contributed by atoms with Crippen LogP contribution in [-0.2, 0) is 11.2 Å². The van der Waals surface area contributed by atoms with Gasteiger partial charge in [-0.25, -0.2) is 4.39 Å². The zero-order valence-electron chi connectivity index (χ0n) is 15.5. The van der Waals surface area contributed by atoms with E-state index in [1.54, 1.807) is 4.90 Å². The second-order valence-corrected chi connectivity index (χ2v) is 7.98. The number of nitrogens with zero attached hydrogens (tertiary/aromatic N) is 1. The van der Waals surface area contributed by atoms with Crippen molar-refractivity contribution in [3.05, 3.63) is 70.0 Å². The summed E-state index contributed by atoms with van der Waals surface area (Å²) < 4.78 is 13.1. The summed E-state index contributed by atoms with van der Waals surface area (Å²) in [5.74, 6) is -0.761. The molecule has 1 heterocycles. The number of fused-ring (bicyclic) bond motifs is 1. The molecule has 0 radical (unpaired) electrons. The predicted octanol–water partition coefficient (Wildman–Crippen LogP) is 4.14. The molecule has 0 spiro atoms. The molecular formula is C22H22ClFN2O2. The first-order valence-electron chi connectivity index (χ1n) is 9.65. The zero-order chi connectivity index (χ0) is 19.7. The number of nitrogens with one attached hydrogen (secondary N) is 1. The summed E-state index contributed by atoms with van der Waals surface area (Å²) in [6.07, 6.45) is 3.31. The molecular weight excluding hydrogens is 379 g/mol. The Morgan fingerprint density at radius 3 is 2.68 bits per heavy atom. The number of benzene rings is 2. The lowest BCUT2D eigenvalue weighted by Gasteiger charge is -2.32. The molecule has 2 aromatic carbocycles. The van der Waals surface area contributed by atoms with E-state index in [4.69, 9.17) is 11.6 Å². The molecule has 1 fully saturated rings. The summed E-state index contributed by atoms with van der Waals surface area (Å²) in [4.78, 5) is 27.2. The average Bonchev–Trinajstić information content (AvgIpc) is 3.09.